The topological polar surface area (TPSA) is 72.5 Å². The Balaban J connectivity index is 1.09. The van der Waals surface area contributed by atoms with Crippen molar-refractivity contribution in [2.45, 2.75) is 37.8 Å². The van der Waals surface area contributed by atoms with Crippen molar-refractivity contribution in [2.75, 3.05) is 12.1 Å². The lowest BCUT2D eigenvalue weighted by molar-refractivity contribution is 0.0926. The molecule has 0 bridgehead atoms. The second kappa shape index (κ2) is 9.90. The number of carbonyl (C=O) groups is 1. The molecule has 188 valence electrons. The molecule has 37 heavy (non-hydrogen) atoms. The fourth-order valence-corrected chi connectivity index (χ4v) is 5.25. The predicted molar refractivity (Wildman–Crippen MR) is 142 cm³/mol. The number of aromatic nitrogens is 1. The van der Waals surface area contributed by atoms with Gasteiger partial charge in [-0.3, -0.25) is 9.78 Å². The molecule has 1 aliphatic heterocycles. The van der Waals surface area contributed by atoms with Crippen molar-refractivity contribution in [1.29, 1.82) is 0 Å². The number of hydrogen-bond donors (Lipinski definition) is 2. The number of benzene rings is 3. The highest BCUT2D eigenvalue weighted by Gasteiger charge is 2.24. The summed E-state index contributed by atoms with van der Waals surface area (Å²) >= 11 is 6.11. The van der Waals surface area contributed by atoms with Gasteiger partial charge in [0.05, 0.1) is 5.52 Å². The van der Waals surface area contributed by atoms with Gasteiger partial charge in [0.2, 0.25) is 6.79 Å². The molecule has 2 aliphatic rings. The standard InChI is InChI=1S/C29H25ClFN3O3/c30-20-2-7-24-25(9-10-32-26(24)15-20)33-22-3-5-23(6-4-22)34-29(35)19-11-18(12-21(31)13-19)17-1-8-27-28(14-17)37-16-36-27/h1-2,7-15,22-23H,3-6,16H2,(H,32,33)(H,34,35). The lowest BCUT2D eigenvalue weighted by Gasteiger charge is -2.30. The molecule has 8 heteroatoms. The van der Waals surface area contributed by atoms with Crippen LogP contribution in [-0.2, 0) is 0 Å². The van der Waals surface area contributed by atoms with E-state index in [0.29, 0.717) is 33.7 Å². The second-order valence-corrected chi connectivity index (χ2v) is 9.92. The Morgan fingerprint density at radius 3 is 2.57 bits per heavy atom. The largest absolute Gasteiger partial charge is 0.454 e. The molecule has 1 aliphatic carbocycles. The van der Waals surface area contributed by atoms with Gasteiger partial charge >= 0.3 is 0 Å². The molecule has 3 aromatic carbocycles. The number of ether oxygens (including phenoxy) is 2. The van der Waals surface area contributed by atoms with Crippen LogP contribution in [0.4, 0.5) is 10.1 Å². The van der Waals surface area contributed by atoms with Crippen molar-refractivity contribution in [2.24, 2.45) is 0 Å². The van der Waals surface area contributed by atoms with Crippen molar-refractivity contribution in [3.63, 3.8) is 0 Å². The van der Waals surface area contributed by atoms with Gasteiger partial charge < -0.3 is 20.1 Å². The first-order valence-corrected chi connectivity index (χ1v) is 12.7. The highest BCUT2D eigenvalue weighted by molar-refractivity contribution is 6.31. The molecule has 0 radical (unpaired) electrons. The van der Waals surface area contributed by atoms with Crippen LogP contribution in [0.2, 0.25) is 5.02 Å². The Morgan fingerprint density at radius 2 is 1.70 bits per heavy atom. The lowest BCUT2D eigenvalue weighted by atomic mass is 9.90. The summed E-state index contributed by atoms with van der Waals surface area (Å²) in [5, 5.41) is 8.43. The SMILES string of the molecule is O=C(NC1CCC(Nc2ccnc3cc(Cl)ccc23)CC1)c1cc(F)cc(-c2ccc3c(c2)OCO3)c1. The molecule has 0 unspecified atom stereocenters. The van der Waals surface area contributed by atoms with E-state index in [-0.39, 0.29) is 18.7 Å². The van der Waals surface area contributed by atoms with Gasteiger partial charge in [0, 0.05) is 39.9 Å². The summed E-state index contributed by atoms with van der Waals surface area (Å²) in [5.41, 5.74) is 3.56. The van der Waals surface area contributed by atoms with Gasteiger partial charge in [-0.25, -0.2) is 4.39 Å². The number of hydrogen-bond acceptors (Lipinski definition) is 5. The summed E-state index contributed by atoms with van der Waals surface area (Å²) in [6.07, 6.45) is 5.27. The van der Waals surface area contributed by atoms with Crippen LogP contribution in [0, 0.1) is 5.82 Å². The van der Waals surface area contributed by atoms with Crippen molar-refractivity contribution < 1.29 is 18.7 Å². The molecule has 2 heterocycles. The Hall–Kier alpha value is -3.84. The number of fused-ring (bicyclic) bond motifs is 2. The van der Waals surface area contributed by atoms with Crippen molar-refractivity contribution in [3.05, 3.63) is 83.3 Å². The zero-order valence-electron chi connectivity index (χ0n) is 20.0. The molecule has 0 spiro atoms. The van der Waals surface area contributed by atoms with Gasteiger partial charge in [0.1, 0.15) is 5.82 Å². The maximum Gasteiger partial charge on any atom is 0.251 e. The molecule has 4 aromatic rings. The highest BCUT2D eigenvalue weighted by Crippen LogP contribution is 2.36. The van der Waals surface area contributed by atoms with E-state index in [1.165, 1.54) is 12.1 Å². The van der Waals surface area contributed by atoms with Crippen LogP contribution in [0.3, 0.4) is 0 Å². The first-order valence-electron chi connectivity index (χ1n) is 12.3. The molecular weight excluding hydrogens is 493 g/mol. The van der Waals surface area contributed by atoms with Crippen LogP contribution in [0.25, 0.3) is 22.0 Å². The van der Waals surface area contributed by atoms with Gasteiger partial charge in [-0.2, -0.15) is 0 Å². The summed E-state index contributed by atoms with van der Waals surface area (Å²) in [6, 6.07) is 17.8. The van der Waals surface area contributed by atoms with Gasteiger partial charge in [0.15, 0.2) is 11.5 Å². The quantitative estimate of drug-likeness (QED) is 0.313. The van der Waals surface area contributed by atoms with Crippen molar-refractivity contribution in [1.82, 2.24) is 10.3 Å². The Labute approximate surface area is 218 Å². The molecular formula is C29H25ClFN3O3. The van der Waals surface area contributed by atoms with E-state index in [0.717, 1.165) is 47.8 Å². The molecule has 6 nitrogen and oxygen atoms in total. The third kappa shape index (κ3) is 5.04. The van der Waals surface area contributed by atoms with E-state index in [9.17, 15) is 9.18 Å². The maximum atomic E-state index is 14.5. The normalized spacial score (nSPS) is 18.5. The number of amides is 1. The van der Waals surface area contributed by atoms with E-state index < -0.39 is 5.82 Å². The molecule has 0 atom stereocenters. The lowest BCUT2D eigenvalue weighted by Crippen LogP contribution is -2.40. The van der Waals surface area contributed by atoms with E-state index >= 15 is 0 Å². The van der Waals surface area contributed by atoms with Crippen LogP contribution >= 0.6 is 11.6 Å². The molecule has 1 fully saturated rings. The molecule has 1 amide bonds. The number of pyridine rings is 1. The Morgan fingerprint density at radius 1 is 0.892 bits per heavy atom. The van der Waals surface area contributed by atoms with Crippen molar-refractivity contribution in [3.8, 4) is 22.6 Å². The average molecular weight is 518 g/mol. The first-order chi connectivity index (χ1) is 18.0. The van der Waals surface area contributed by atoms with E-state index in [2.05, 4.69) is 15.6 Å². The van der Waals surface area contributed by atoms with Crippen LogP contribution in [0.1, 0.15) is 36.0 Å². The van der Waals surface area contributed by atoms with Crippen molar-refractivity contribution >= 4 is 34.1 Å². The number of rotatable bonds is 5. The number of anilines is 1. The number of halogens is 2. The van der Waals surface area contributed by atoms with E-state index in [4.69, 9.17) is 21.1 Å². The van der Waals surface area contributed by atoms with E-state index in [1.807, 2.05) is 30.3 Å². The van der Waals surface area contributed by atoms with E-state index in [1.54, 1.807) is 24.4 Å². The number of nitrogens with zero attached hydrogens (tertiary/aromatic N) is 1. The summed E-state index contributed by atoms with van der Waals surface area (Å²) in [7, 11) is 0. The van der Waals surface area contributed by atoms with Gasteiger partial charge in [-0.05, 0) is 91.4 Å². The predicted octanol–water partition coefficient (Wildman–Crippen LogP) is 6.58. The molecule has 2 N–H and O–H groups in total. The van der Waals surface area contributed by atoms with Crippen LogP contribution in [0.15, 0.2) is 66.9 Å². The second-order valence-electron chi connectivity index (χ2n) is 9.48. The zero-order chi connectivity index (χ0) is 25.4. The summed E-state index contributed by atoms with van der Waals surface area (Å²) in [6.45, 7) is 0.168. The van der Waals surface area contributed by atoms with Crippen LogP contribution < -0.4 is 20.1 Å². The number of carbonyl (C=O) groups excluding carboxylic acids is 1. The minimum Gasteiger partial charge on any atom is -0.454 e. The first kappa shape index (κ1) is 23.6. The average Bonchev–Trinajstić information content (AvgIpc) is 3.37. The Kier molecular flexibility index (Phi) is 6.30. The third-order valence-corrected chi connectivity index (χ3v) is 7.23. The summed E-state index contributed by atoms with van der Waals surface area (Å²) < 4.78 is 25.2. The fraction of sp³-hybridized carbons (Fsp3) is 0.241. The van der Waals surface area contributed by atoms with Crippen LogP contribution in [0.5, 0.6) is 11.5 Å². The highest BCUT2D eigenvalue weighted by atomic mass is 35.5. The molecule has 6 rings (SSSR count). The van der Waals surface area contributed by atoms with Gasteiger partial charge in [0.25, 0.3) is 5.91 Å². The summed E-state index contributed by atoms with van der Waals surface area (Å²) in [5.74, 6) is 0.542. The summed E-state index contributed by atoms with van der Waals surface area (Å²) in [4.78, 5) is 17.4. The third-order valence-electron chi connectivity index (χ3n) is 6.99. The fourth-order valence-electron chi connectivity index (χ4n) is 5.08. The monoisotopic (exact) mass is 517 g/mol. The Bertz CT molecular complexity index is 1490. The number of nitrogens with one attached hydrogen (secondary N) is 2. The molecule has 0 saturated heterocycles. The minimum atomic E-state index is -0.459. The maximum absolute atomic E-state index is 14.5. The minimum absolute atomic E-state index is 0.0378. The van der Waals surface area contributed by atoms with Crippen LogP contribution in [-0.4, -0.2) is 29.8 Å². The zero-order valence-corrected chi connectivity index (χ0v) is 20.7. The van der Waals surface area contributed by atoms with Gasteiger partial charge in [-0.15, -0.1) is 0 Å². The molecule has 1 saturated carbocycles. The molecule has 1 aromatic heterocycles. The smallest absolute Gasteiger partial charge is 0.251 e. The van der Waals surface area contributed by atoms with Gasteiger partial charge in [-0.1, -0.05) is 17.7 Å².